The SMILES string of the molecule is Cc1[nH]c2ccccc2c1C(=O)CCC(C)C. The van der Waals surface area contributed by atoms with E-state index in [0.717, 1.165) is 28.6 Å². The van der Waals surface area contributed by atoms with Gasteiger partial charge >= 0.3 is 0 Å². The van der Waals surface area contributed by atoms with Crippen molar-refractivity contribution >= 4 is 16.7 Å². The molecule has 1 aromatic heterocycles. The lowest BCUT2D eigenvalue weighted by atomic mass is 9.99. The van der Waals surface area contributed by atoms with Gasteiger partial charge < -0.3 is 4.98 Å². The van der Waals surface area contributed by atoms with Gasteiger partial charge in [0.1, 0.15) is 0 Å². The summed E-state index contributed by atoms with van der Waals surface area (Å²) >= 11 is 0. The van der Waals surface area contributed by atoms with Crippen LogP contribution >= 0.6 is 0 Å². The van der Waals surface area contributed by atoms with E-state index in [1.165, 1.54) is 0 Å². The standard InChI is InChI=1S/C15H19NO/c1-10(2)8-9-14(17)15-11(3)16-13-7-5-4-6-12(13)15/h4-7,10,16H,8-9H2,1-3H3. The maximum absolute atomic E-state index is 12.2. The van der Waals surface area contributed by atoms with Crippen molar-refractivity contribution in [3.8, 4) is 0 Å². The maximum atomic E-state index is 12.2. The highest BCUT2D eigenvalue weighted by Crippen LogP contribution is 2.24. The molecule has 0 aliphatic heterocycles. The van der Waals surface area contributed by atoms with Gasteiger partial charge in [0.2, 0.25) is 0 Å². The molecule has 90 valence electrons. The lowest BCUT2D eigenvalue weighted by molar-refractivity contribution is 0.0976. The fraction of sp³-hybridized carbons (Fsp3) is 0.400. The van der Waals surface area contributed by atoms with Crippen molar-refractivity contribution in [1.29, 1.82) is 0 Å². The Morgan fingerprint density at radius 1 is 1.29 bits per heavy atom. The van der Waals surface area contributed by atoms with Crippen LogP contribution in [0, 0.1) is 12.8 Å². The first-order chi connectivity index (χ1) is 8.09. The number of ketones is 1. The van der Waals surface area contributed by atoms with E-state index in [-0.39, 0.29) is 5.78 Å². The van der Waals surface area contributed by atoms with Gasteiger partial charge in [-0.15, -0.1) is 0 Å². The van der Waals surface area contributed by atoms with Crippen LogP contribution in [-0.4, -0.2) is 10.8 Å². The molecule has 0 saturated heterocycles. The largest absolute Gasteiger partial charge is 0.358 e. The topological polar surface area (TPSA) is 32.9 Å². The van der Waals surface area contributed by atoms with Crippen LogP contribution in [-0.2, 0) is 0 Å². The van der Waals surface area contributed by atoms with Crippen molar-refractivity contribution in [3.63, 3.8) is 0 Å². The Balaban J connectivity index is 2.34. The van der Waals surface area contributed by atoms with Crippen LogP contribution in [0.1, 0.15) is 42.7 Å². The molecule has 0 fully saturated rings. The normalized spacial score (nSPS) is 11.3. The van der Waals surface area contributed by atoms with E-state index in [2.05, 4.69) is 18.8 Å². The molecule has 2 aromatic rings. The van der Waals surface area contributed by atoms with Crippen LogP contribution in [0.15, 0.2) is 24.3 Å². The molecular formula is C15H19NO. The Morgan fingerprint density at radius 3 is 2.71 bits per heavy atom. The van der Waals surface area contributed by atoms with Gasteiger partial charge in [-0.3, -0.25) is 4.79 Å². The predicted molar refractivity (Wildman–Crippen MR) is 71.4 cm³/mol. The fourth-order valence-corrected chi connectivity index (χ4v) is 2.18. The number of fused-ring (bicyclic) bond motifs is 1. The summed E-state index contributed by atoms with van der Waals surface area (Å²) in [6, 6.07) is 8.00. The van der Waals surface area contributed by atoms with Gasteiger partial charge in [-0.2, -0.15) is 0 Å². The number of aryl methyl sites for hydroxylation is 1. The first-order valence-corrected chi connectivity index (χ1v) is 6.20. The lowest BCUT2D eigenvalue weighted by Gasteiger charge is -2.04. The molecule has 1 aromatic carbocycles. The number of benzene rings is 1. The number of aromatic nitrogens is 1. The molecule has 1 heterocycles. The number of aromatic amines is 1. The molecular weight excluding hydrogens is 210 g/mol. The molecule has 2 heteroatoms. The third-order valence-electron chi connectivity index (χ3n) is 3.12. The molecule has 0 saturated carbocycles. The lowest BCUT2D eigenvalue weighted by Crippen LogP contribution is -2.02. The second-order valence-electron chi connectivity index (χ2n) is 5.03. The zero-order valence-corrected chi connectivity index (χ0v) is 10.7. The smallest absolute Gasteiger partial charge is 0.165 e. The quantitative estimate of drug-likeness (QED) is 0.787. The van der Waals surface area contributed by atoms with Crippen molar-refractivity contribution in [2.75, 3.05) is 0 Å². The highest BCUT2D eigenvalue weighted by atomic mass is 16.1. The summed E-state index contributed by atoms with van der Waals surface area (Å²) in [4.78, 5) is 15.5. The van der Waals surface area contributed by atoms with E-state index < -0.39 is 0 Å². The molecule has 0 radical (unpaired) electrons. The molecule has 0 spiro atoms. The van der Waals surface area contributed by atoms with Crippen molar-refractivity contribution < 1.29 is 4.79 Å². The number of nitrogens with one attached hydrogen (secondary N) is 1. The number of hydrogen-bond acceptors (Lipinski definition) is 1. The van der Waals surface area contributed by atoms with Gasteiger partial charge in [0, 0.05) is 28.6 Å². The Bertz CT molecular complexity index is 537. The van der Waals surface area contributed by atoms with E-state index in [1.54, 1.807) is 0 Å². The monoisotopic (exact) mass is 229 g/mol. The average molecular weight is 229 g/mol. The predicted octanol–water partition coefficient (Wildman–Crippen LogP) is 4.10. The molecule has 2 rings (SSSR count). The zero-order valence-electron chi connectivity index (χ0n) is 10.7. The van der Waals surface area contributed by atoms with Gasteiger partial charge in [-0.1, -0.05) is 32.0 Å². The van der Waals surface area contributed by atoms with Gasteiger partial charge in [-0.05, 0) is 25.3 Å². The minimum absolute atomic E-state index is 0.258. The molecule has 1 N–H and O–H groups in total. The third kappa shape index (κ3) is 2.41. The Kier molecular flexibility index (Phi) is 3.32. The van der Waals surface area contributed by atoms with Gasteiger partial charge in [-0.25, -0.2) is 0 Å². The second-order valence-corrected chi connectivity index (χ2v) is 5.03. The van der Waals surface area contributed by atoms with E-state index in [0.29, 0.717) is 12.3 Å². The van der Waals surface area contributed by atoms with Crippen molar-refractivity contribution in [3.05, 3.63) is 35.5 Å². The van der Waals surface area contributed by atoms with Crippen LogP contribution < -0.4 is 0 Å². The number of para-hydroxylation sites is 1. The Labute approximate surface area is 102 Å². The minimum atomic E-state index is 0.258. The summed E-state index contributed by atoms with van der Waals surface area (Å²) in [5.74, 6) is 0.832. The summed E-state index contributed by atoms with van der Waals surface area (Å²) in [6.45, 7) is 6.27. The van der Waals surface area contributed by atoms with Gasteiger partial charge in [0.15, 0.2) is 5.78 Å². The van der Waals surface area contributed by atoms with Crippen LogP contribution in [0.2, 0.25) is 0 Å². The van der Waals surface area contributed by atoms with Crippen LogP contribution in [0.5, 0.6) is 0 Å². The molecule has 17 heavy (non-hydrogen) atoms. The average Bonchev–Trinajstić information content (AvgIpc) is 2.61. The number of rotatable bonds is 4. The van der Waals surface area contributed by atoms with E-state index in [9.17, 15) is 4.79 Å². The van der Waals surface area contributed by atoms with Gasteiger partial charge in [0.05, 0.1) is 0 Å². The maximum Gasteiger partial charge on any atom is 0.165 e. The highest BCUT2D eigenvalue weighted by molar-refractivity contribution is 6.09. The molecule has 2 nitrogen and oxygen atoms in total. The van der Waals surface area contributed by atoms with E-state index >= 15 is 0 Å². The zero-order chi connectivity index (χ0) is 12.4. The number of Topliss-reactive ketones (excluding diaryl/α,β-unsaturated/α-hetero) is 1. The molecule has 0 amide bonds. The molecule has 0 aliphatic rings. The Hall–Kier alpha value is -1.57. The summed E-state index contributed by atoms with van der Waals surface area (Å²) in [7, 11) is 0. The number of H-pyrrole nitrogens is 1. The van der Waals surface area contributed by atoms with Crippen LogP contribution in [0.4, 0.5) is 0 Å². The summed E-state index contributed by atoms with van der Waals surface area (Å²) in [6.07, 6.45) is 1.60. The summed E-state index contributed by atoms with van der Waals surface area (Å²) < 4.78 is 0. The van der Waals surface area contributed by atoms with Gasteiger partial charge in [0.25, 0.3) is 0 Å². The van der Waals surface area contributed by atoms with Crippen LogP contribution in [0.3, 0.4) is 0 Å². The van der Waals surface area contributed by atoms with Crippen LogP contribution in [0.25, 0.3) is 10.9 Å². The molecule has 0 atom stereocenters. The molecule has 0 unspecified atom stereocenters. The number of hydrogen-bond donors (Lipinski definition) is 1. The first kappa shape index (κ1) is 11.9. The molecule has 0 aliphatic carbocycles. The first-order valence-electron chi connectivity index (χ1n) is 6.20. The third-order valence-corrected chi connectivity index (χ3v) is 3.12. The van der Waals surface area contributed by atoms with Crippen molar-refractivity contribution in [1.82, 2.24) is 4.98 Å². The summed E-state index contributed by atoms with van der Waals surface area (Å²) in [5.41, 5.74) is 2.92. The van der Waals surface area contributed by atoms with Crippen molar-refractivity contribution in [2.24, 2.45) is 5.92 Å². The minimum Gasteiger partial charge on any atom is -0.358 e. The number of carbonyl (C=O) groups is 1. The molecule has 0 bridgehead atoms. The summed E-state index contributed by atoms with van der Waals surface area (Å²) in [5, 5.41) is 1.05. The fourth-order valence-electron chi connectivity index (χ4n) is 2.18. The second kappa shape index (κ2) is 4.74. The van der Waals surface area contributed by atoms with Crippen molar-refractivity contribution in [2.45, 2.75) is 33.6 Å². The van der Waals surface area contributed by atoms with E-state index in [1.807, 2.05) is 31.2 Å². The highest BCUT2D eigenvalue weighted by Gasteiger charge is 2.15. The number of carbonyl (C=O) groups excluding carboxylic acids is 1. The Morgan fingerprint density at radius 2 is 2.00 bits per heavy atom. The van der Waals surface area contributed by atoms with E-state index in [4.69, 9.17) is 0 Å².